The van der Waals surface area contributed by atoms with E-state index >= 15 is 0 Å². The van der Waals surface area contributed by atoms with E-state index in [1.165, 1.54) is 12.1 Å². The molecule has 16 heteroatoms. The summed E-state index contributed by atoms with van der Waals surface area (Å²) < 4.78 is 100. The van der Waals surface area contributed by atoms with Crippen LogP contribution in [-0.2, 0) is 6.18 Å². The molecule has 1 saturated heterocycles. The largest absolute Gasteiger partial charge is 0.490 e. The van der Waals surface area contributed by atoms with Crippen molar-refractivity contribution in [3.8, 4) is 5.75 Å². The van der Waals surface area contributed by atoms with Gasteiger partial charge in [-0.25, -0.2) is 14.4 Å². The number of rotatable bonds is 9. The molecule has 41 heavy (non-hydrogen) atoms. The van der Waals surface area contributed by atoms with Gasteiger partial charge in [0.2, 0.25) is 0 Å². The topological polar surface area (TPSA) is 92.3 Å². The van der Waals surface area contributed by atoms with Crippen LogP contribution in [0.1, 0.15) is 41.0 Å². The summed E-state index contributed by atoms with van der Waals surface area (Å²) in [4.78, 5) is 21.8. The number of alkyl halides is 6. The Morgan fingerprint density at radius 3 is 2.63 bits per heavy atom. The molecule has 3 heterocycles. The number of aryl methyl sites for hydroxylation is 1. The van der Waals surface area contributed by atoms with Gasteiger partial charge in [-0.05, 0) is 50.0 Å². The van der Waals surface area contributed by atoms with Crippen molar-refractivity contribution >= 4 is 33.9 Å². The number of hydrogen-bond acceptors (Lipinski definition) is 8. The third kappa shape index (κ3) is 8.48. The minimum absolute atomic E-state index is 0.0344. The second kappa shape index (κ2) is 12.5. The molecule has 2 aromatic heterocycles. The Morgan fingerprint density at radius 2 is 1.95 bits per heavy atom. The summed E-state index contributed by atoms with van der Waals surface area (Å²) in [5.41, 5.74) is -0.531. The van der Waals surface area contributed by atoms with Crippen molar-refractivity contribution < 1.29 is 40.3 Å². The van der Waals surface area contributed by atoms with Gasteiger partial charge in [0.15, 0.2) is 17.3 Å². The minimum atomic E-state index is -4.65. The van der Waals surface area contributed by atoms with E-state index in [1.54, 1.807) is 11.8 Å². The molecule has 1 aliphatic heterocycles. The smallest absolute Gasteiger partial charge is 0.434 e. The summed E-state index contributed by atoms with van der Waals surface area (Å²) in [7, 11) is 0. The predicted octanol–water partition coefficient (Wildman–Crippen LogP) is 6.44. The van der Waals surface area contributed by atoms with Crippen LogP contribution in [0.2, 0.25) is 0 Å². The van der Waals surface area contributed by atoms with Crippen molar-refractivity contribution in [2.75, 3.05) is 36.9 Å². The SMILES string of the molecule is Cc1nsc(Nc2cnc(C(F)(F)F)cn2)c1C(=O)Nc1ccc(F)c(OC[C@H]2CCCN(CCC(F)(F)F)C2)c1. The van der Waals surface area contributed by atoms with Crippen molar-refractivity contribution in [1.82, 2.24) is 19.2 Å². The molecule has 3 aromatic rings. The zero-order valence-electron chi connectivity index (χ0n) is 21.6. The van der Waals surface area contributed by atoms with Crippen LogP contribution in [0.25, 0.3) is 0 Å². The zero-order valence-corrected chi connectivity index (χ0v) is 22.4. The number of nitrogens with zero attached hydrogens (tertiary/aromatic N) is 4. The summed E-state index contributed by atoms with van der Waals surface area (Å²) in [5, 5.41) is 5.57. The maximum absolute atomic E-state index is 14.5. The first-order chi connectivity index (χ1) is 19.3. The van der Waals surface area contributed by atoms with E-state index in [0.717, 1.165) is 30.2 Å². The first-order valence-corrected chi connectivity index (χ1v) is 13.2. The molecule has 1 atom stereocenters. The van der Waals surface area contributed by atoms with Crippen LogP contribution < -0.4 is 15.4 Å². The average Bonchev–Trinajstić information content (AvgIpc) is 3.27. The van der Waals surface area contributed by atoms with E-state index in [0.29, 0.717) is 31.4 Å². The highest BCUT2D eigenvalue weighted by atomic mass is 32.1. The summed E-state index contributed by atoms with van der Waals surface area (Å²) in [6.45, 7) is 2.51. The molecule has 1 aliphatic rings. The molecular formula is C25H25F7N6O2S. The number of halogens is 7. The van der Waals surface area contributed by atoms with Gasteiger partial charge in [-0.1, -0.05) is 0 Å². The van der Waals surface area contributed by atoms with Crippen molar-refractivity contribution in [2.45, 2.75) is 38.5 Å². The van der Waals surface area contributed by atoms with Gasteiger partial charge in [-0.3, -0.25) is 4.79 Å². The summed E-state index contributed by atoms with van der Waals surface area (Å²) in [5.74, 6) is -1.55. The number of anilines is 3. The average molecular weight is 607 g/mol. The van der Waals surface area contributed by atoms with E-state index in [2.05, 4.69) is 25.0 Å². The Bertz CT molecular complexity index is 1350. The third-order valence-corrected chi connectivity index (χ3v) is 7.11. The number of benzene rings is 1. The van der Waals surface area contributed by atoms with Crippen LogP contribution in [0.3, 0.4) is 0 Å². The highest BCUT2D eigenvalue weighted by molar-refractivity contribution is 7.10. The molecule has 0 saturated carbocycles. The molecule has 222 valence electrons. The quantitative estimate of drug-likeness (QED) is 0.271. The number of amides is 1. The standard InChI is InChI=1S/C25H25F7N6O2S/c1-14-21(23(41-37-14)36-20-11-33-19(10-34-20)25(30,31)32)22(39)35-16-4-5-17(26)18(9-16)40-13-15-3-2-7-38(12-15)8-6-24(27,28)29/h4-5,9-11,15H,2-3,6-8,12-13H2,1H3,(H,34,36)(H,35,39)/t15-/m0/s1. The molecule has 8 nitrogen and oxygen atoms in total. The van der Waals surface area contributed by atoms with E-state index in [4.69, 9.17) is 4.74 Å². The van der Waals surface area contributed by atoms with Gasteiger partial charge in [0.25, 0.3) is 5.91 Å². The lowest BCUT2D eigenvalue weighted by atomic mass is 9.99. The molecule has 0 bridgehead atoms. The number of aromatic nitrogens is 3. The zero-order chi connectivity index (χ0) is 29.8. The molecule has 0 radical (unpaired) electrons. The Balaban J connectivity index is 1.38. The van der Waals surface area contributed by atoms with Crippen molar-refractivity contribution in [2.24, 2.45) is 5.92 Å². The fraction of sp³-hybridized carbons (Fsp3) is 0.440. The molecule has 4 rings (SSSR count). The van der Waals surface area contributed by atoms with E-state index in [9.17, 15) is 35.5 Å². The van der Waals surface area contributed by atoms with Gasteiger partial charge in [-0.15, -0.1) is 0 Å². The summed E-state index contributed by atoms with van der Waals surface area (Å²) in [6.07, 6.45) is -6.92. The lowest BCUT2D eigenvalue weighted by Gasteiger charge is -2.32. The lowest BCUT2D eigenvalue weighted by Crippen LogP contribution is -2.39. The summed E-state index contributed by atoms with van der Waals surface area (Å²) >= 11 is 0.891. The molecule has 0 unspecified atom stereocenters. The highest BCUT2D eigenvalue weighted by Gasteiger charge is 2.33. The fourth-order valence-corrected chi connectivity index (χ4v) is 5.05. The Morgan fingerprint density at radius 1 is 1.17 bits per heavy atom. The predicted molar refractivity (Wildman–Crippen MR) is 137 cm³/mol. The second-order valence-electron chi connectivity index (χ2n) is 9.47. The van der Waals surface area contributed by atoms with Gasteiger partial charge >= 0.3 is 12.4 Å². The van der Waals surface area contributed by atoms with Crippen LogP contribution in [0, 0.1) is 18.7 Å². The number of carbonyl (C=O) groups excluding carboxylic acids is 1. The number of hydrogen-bond donors (Lipinski definition) is 2. The molecule has 1 amide bonds. The number of likely N-dealkylation sites (tertiary alicyclic amines) is 1. The first-order valence-electron chi connectivity index (χ1n) is 12.4. The Hall–Kier alpha value is -3.53. The van der Waals surface area contributed by atoms with Crippen LogP contribution in [0.5, 0.6) is 5.75 Å². The van der Waals surface area contributed by atoms with Crippen molar-refractivity contribution in [3.05, 3.63) is 53.4 Å². The number of piperidine rings is 1. The second-order valence-corrected chi connectivity index (χ2v) is 10.2. The number of carbonyl (C=O) groups is 1. The maximum Gasteiger partial charge on any atom is 0.434 e. The van der Waals surface area contributed by atoms with Crippen LogP contribution in [0.15, 0.2) is 30.6 Å². The normalized spacial score (nSPS) is 16.4. The van der Waals surface area contributed by atoms with Crippen molar-refractivity contribution in [3.63, 3.8) is 0 Å². The molecule has 1 aromatic carbocycles. The summed E-state index contributed by atoms with van der Waals surface area (Å²) in [6, 6.07) is 3.72. The Labute approximate surface area is 234 Å². The van der Waals surface area contributed by atoms with Crippen LogP contribution in [0.4, 0.5) is 47.2 Å². The minimum Gasteiger partial charge on any atom is -0.490 e. The van der Waals surface area contributed by atoms with Gasteiger partial charge in [0.05, 0.1) is 36.7 Å². The number of nitrogens with one attached hydrogen (secondary N) is 2. The van der Waals surface area contributed by atoms with Gasteiger partial charge < -0.3 is 20.3 Å². The fourth-order valence-electron chi connectivity index (χ4n) is 4.25. The van der Waals surface area contributed by atoms with Gasteiger partial charge in [-0.2, -0.15) is 30.7 Å². The molecule has 1 fully saturated rings. The van der Waals surface area contributed by atoms with E-state index < -0.39 is 36.2 Å². The first kappa shape index (κ1) is 30.4. The molecule has 2 N–H and O–H groups in total. The van der Waals surface area contributed by atoms with Gasteiger partial charge in [0.1, 0.15) is 10.8 Å². The van der Waals surface area contributed by atoms with E-state index in [1.807, 2.05) is 0 Å². The molecular weight excluding hydrogens is 581 g/mol. The lowest BCUT2D eigenvalue weighted by molar-refractivity contribution is -0.141. The van der Waals surface area contributed by atoms with Gasteiger partial charge in [0, 0.05) is 30.8 Å². The number of ether oxygens (including phenoxy) is 1. The maximum atomic E-state index is 14.5. The van der Waals surface area contributed by atoms with Crippen LogP contribution in [-0.4, -0.2) is 57.6 Å². The Kier molecular flexibility index (Phi) is 9.31. The molecule has 0 spiro atoms. The molecule has 0 aliphatic carbocycles. The highest BCUT2D eigenvalue weighted by Crippen LogP contribution is 2.31. The monoisotopic (exact) mass is 606 g/mol. The van der Waals surface area contributed by atoms with E-state index in [-0.39, 0.29) is 46.9 Å². The van der Waals surface area contributed by atoms with Crippen molar-refractivity contribution in [1.29, 1.82) is 0 Å². The third-order valence-electron chi connectivity index (χ3n) is 6.25. The van der Waals surface area contributed by atoms with Crippen LogP contribution >= 0.6 is 11.5 Å².